The first-order valence-corrected chi connectivity index (χ1v) is 12.0. The van der Waals surface area contributed by atoms with Gasteiger partial charge in [0.05, 0.1) is 5.69 Å². The molecule has 0 saturated carbocycles. The highest BCUT2D eigenvalue weighted by atomic mass is 19.1. The summed E-state index contributed by atoms with van der Waals surface area (Å²) in [6.07, 6.45) is 15.1. The number of halogens is 2. The molecule has 0 aromatic carbocycles. The molecular formula is C28H35F2N5. The Morgan fingerprint density at radius 3 is 2.69 bits per heavy atom. The summed E-state index contributed by atoms with van der Waals surface area (Å²) in [7, 11) is 1.91. The first kappa shape index (κ1) is 26.4. The van der Waals surface area contributed by atoms with Gasteiger partial charge in [0.2, 0.25) is 0 Å². The van der Waals surface area contributed by atoms with Crippen LogP contribution in [0.5, 0.6) is 0 Å². The van der Waals surface area contributed by atoms with E-state index in [0.717, 1.165) is 54.7 Å². The molecule has 3 heterocycles. The summed E-state index contributed by atoms with van der Waals surface area (Å²) in [4.78, 5) is 6.22. The number of nitrogens with zero attached hydrogens (tertiary/aromatic N) is 4. The molecule has 0 spiro atoms. The van der Waals surface area contributed by atoms with Gasteiger partial charge >= 0.3 is 0 Å². The molecule has 1 saturated heterocycles. The van der Waals surface area contributed by atoms with Crippen LogP contribution in [-0.4, -0.2) is 51.9 Å². The van der Waals surface area contributed by atoms with Crippen LogP contribution in [0.3, 0.4) is 0 Å². The Bertz CT molecular complexity index is 1090. The lowest BCUT2D eigenvalue weighted by molar-refractivity contribution is 0.277. The smallest absolute Gasteiger partial charge is 0.130 e. The van der Waals surface area contributed by atoms with E-state index in [1.54, 1.807) is 17.1 Å². The van der Waals surface area contributed by atoms with Gasteiger partial charge in [-0.15, -0.1) is 0 Å². The highest BCUT2D eigenvalue weighted by Gasteiger charge is 2.21. The Labute approximate surface area is 207 Å². The summed E-state index contributed by atoms with van der Waals surface area (Å²) < 4.78 is 30.2. The summed E-state index contributed by atoms with van der Waals surface area (Å²) in [5.41, 5.74) is 4.05. The molecule has 5 nitrogen and oxygen atoms in total. The fraction of sp³-hybridized carbons (Fsp3) is 0.357. The lowest BCUT2D eigenvalue weighted by Crippen LogP contribution is -2.41. The highest BCUT2D eigenvalue weighted by molar-refractivity contribution is 5.73. The monoisotopic (exact) mass is 479 g/mol. The molecule has 1 fully saturated rings. The Morgan fingerprint density at radius 2 is 2.00 bits per heavy atom. The summed E-state index contributed by atoms with van der Waals surface area (Å²) in [6.45, 7) is 11.2. The average Bonchev–Trinajstić information content (AvgIpc) is 3.06. The van der Waals surface area contributed by atoms with E-state index in [4.69, 9.17) is 0 Å². The van der Waals surface area contributed by atoms with Crippen LogP contribution in [0.15, 0.2) is 84.9 Å². The van der Waals surface area contributed by atoms with E-state index in [-0.39, 0.29) is 18.2 Å². The van der Waals surface area contributed by atoms with Gasteiger partial charge in [-0.25, -0.2) is 8.78 Å². The minimum Gasteiger partial charge on any atom is -0.309 e. The number of hydrogen-bond donors (Lipinski definition) is 1. The molecule has 1 N–H and O–H groups in total. The third-order valence-corrected chi connectivity index (χ3v) is 6.11. The Kier molecular flexibility index (Phi) is 9.87. The van der Waals surface area contributed by atoms with Gasteiger partial charge in [-0.1, -0.05) is 31.7 Å². The number of aryl methyl sites for hydroxylation is 1. The zero-order chi connectivity index (χ0) is 25.2. The van der Waals surface area contributed by atoms with Crippen LogP contribution >= 0.6 is 0 Å². The molecule has 1 aliphatic heterocycles. The number of pyridine rings is 1. The number of hydrogen-bond acceptors (Lipinski definition) is 4. The molecule has 1 unspecified atom stereocenters. The zero-order valence-corrected chi connectivity index (χ0v) is 20.7. The fourth-order valence-electron chi connectivity index (χ4n) is 4.30. The van der Waals surface area contributed by atoms with E-state index in [1.165, 1.54) is 19.1 Å². The maximum absolute atomic E-state index is 14.4. The van der Waals surface area contributed by atoms with E-state index in [1.807, 2.05) is 31.5 Å². The van der Waals surface area contributed by atoms with Crippen LogP contribution in [0.25, 0.3) is 17.3 Å². The number of rotatable bonds is 10. The van der Waals surface area contributed by atoms with E-state index < -0.39 is 11.7 Å². The SMILES string of the molecule is C=C/C=C(F)\C(CN1CCCCC(NC/C(C=C)=C/c2cn(C)nc2-c2ccncc2)C1)=C(/C)F. The summed E-state index contributed by atoms with van der Waals surface area (Å²) >= 11 is 0. The predicted molar refractivity (Wildman–Crippen MR) is 140 cm³/mol. The van der Waals surface area contributed by atoms with Crippen LogP contribution < -0.4 is 5.32 Å². The van der Waals surface area contributed by atoms with Crippen molar-refractivity contribution in [3.8, 4) is 11.3 Å². The number of aromatic nitrogens is 3. The summed E-state index contributed by atoms with van der Waals surface area (Å²) in [6, 6.07) is 4.10. The second-order valence-corrected chi connectivity index (χ2v) is 8.84. The van der Waals surface area contributed by atoms with Crippen molar-refractivity contribution in [3.63, 3.8) is 0 Å². The van der Waals surface area contributed by atoms with Gasteiger partial charge in [0.1, 0.15) is 11.7 Å². The van der Waals surface area contributed by atoms with E-state index in [0.29, 0.717) is 6.54 Å². The summed E-state index contributed by atoms with van der Waals surface area (Å²) in [5, 5.41) is 8.25. The molecule has 0 bridgehead atoms. The van der Waals surface area contributed by atoms with E-state index in [2.05, 4.69) is 39.5 Å². The van der Waals surface area contributed by atoms with Crippen molar-refractivity contribution in [2.45, 2.75) is 32.2 Å². The van der Waals surface area contributed by atoms with Crippen molar-refractivity contribution in [3.05, 3.63) is 90.5 Å². The predicted octanol–water partition coefficient (Wildman–Crippen LogP) is 5.78. The van der Waals surface area contributed by atoms with Gasteiger partial charge in [0.15, 0.2) is 0 Å². The van der Waals surface area contributed by atoms with Crippen molar-refractivity contribution in [2.75, 3.05) is 26.2 Å². The minimum atomic E-state index is -0.563. The first-order valence-electron chi connectivity index (χ1n) is 12.0. The Balaban J connectivity index is 1.69. The van der Waals surface area contributed by atoms with Gasteiger partial charge < -0.3 is 5.32 Å². The van der Waals surface area contributed by atoms with Crippen LogP contribution in [0.1, 0.15) is 31.7 Å². The van der Waals surface area contributed by atoms with Crippen LogP contribution in [0, 0.1) is 0 Å². The molecule has 1 aliphatic rings. The average molecular weight is 480 g/mol. The highest BCUT2D eigenvalue weighted by Crippen LogP contribution is 2.24. The maximum atomic E-state index is 14.4. The lowest BCUT2D eigenvalue weighted by atomic mass is 10.1. The maximum Gasteiger partial charge on any atom is 0.130 e. The van der Waals surface area contributed by atoms with Crippen molar-refractivity contribution >= 4 is 6.08 Å². The molecule has 2 aromatic rings. The van der Waals surface area contributed by atoms with E-state index in [9.17, 15) is 8.78 Å². The van der Waals surface area contributed by atoms with Gasteiger partial charge in [-0.3, -0.25) is 14.6 Å². The molecule has 186 valence electrons. The van der Waals surface area contributed by atoms with Gasteiger partial charge in [0.25, 0.3) is 0 Å². The standard InChI is InChI=1S/C28H35F2N5/c1-5-9-27(30)26(21(3)29)20-35-15-8-7-10-25(19-35)32-17-22(6-2)16-24-18-34(4)33-28(24)23-11-13-31-14-12-23/h5-6,9,11-14,16,18,25,32H,1-2,7-8,10,15,17,19-20H2,3-4H3/b22-16+,26-21+,27-9+. The van der Waals surface area contributed by atoms with Crippen LogP contribution in [0.4, 0.5) is 8.78 Å². The molecule has 0 amide bonds. The molecule has 35 heavy (non-hydrogen) atoms. The van der Waals surface area contributed by atoms with Crippen LogP contribution in [-0.2, 0) is 7.05 Å². The number of likely N-dealkylation sites (tertiary alicyclic amines) is 1. The number of allylic oxidation sites excluding steroid dienone is 3. The normalized spacial score (nSPS) is 18.7. The first-order chi connectivity index (χ1) is 16.9. The van der Waals surface area contributed by atoms with Gasteiger partial charge in [0, 0.05) is 68.0 Å². The summed E-state index contributed by atoms with van der Waals surface area (Å²) in [5.74, 6) is -1.06. The van der Waals surface area contributed by atoms with E-state index >= 15 is 0 Å². The lowest BCUT2D eigenvalue weighted by Gasteiger charge is -2.26. The number of nitrogens with one attached hydrogen (secondary N) is 1. The molecule has 0 aliphatic carbocycles. The second kappa shape index (κ2) is 13.1. The van der Waals surface area contributed by atoms with Crippen molar-refractivity contribution in [1.82, 2.24) is 25.0 Å². The molecule has 2 aromatic heterocycles. The minimum absolute atomic E-state index is 0.0949. The second-order valence-electron chi connectivity index (χ2n) is 8.84. The van der Waals surface area contributed by atoms with Crippen molar-refractivity contribution in [2.24, 2.45) is 7.05 Å². The Hall–Kier alpha value is -3.16. The van der Waals surface area contributed by atoms with Gasteiger partial charge in [-0.2, -0.15) is 5.10 Å². The van der Waals surface area contributed by atoms with Gasteiger partial charge in [-0.05, 0) is 56.2 Å². The van der Waals surface area contributed by atoms with Crippen molar-refractivity contribution in [1.29, 1.82) is 0 Å². The molecule has 3 rings (SSSR count). The molecule has 7 heteroatoms. The zero-order valence-electron chi connectivity index (χ0n) is 20.7. The molecular weight excluding hydrogens is 444 g/mol. The van der Waals surface area contributed by atoms with Crippen LogP contribution in [0.2, 0.25) is 0 Å². The quantitative estimate of drug-likeness (QED) is 0.439. The van der Waals surface area contributed by atoms with Crippen molar-refractivity contribution < 1.29 is 8.78 Å². The third kappa shape index (κ3) is 7.67. The topological polar surface area (TPSA) is 46.0 Å². The molecule has 0 radical (unpaired) electrons. The largest absolute Gasteiger partial charge is 0.309 e. The Morgan fingerprint density at radius 1 is 1.23 bits per heavy atom. The third-order valence-electron chi connectivity index (χ3n) is 6.11. The fourth-order valence-corrected chi connectivity index (χ4v) is 4.30. The molecule has 1 atom stereocenters.